The summed E-state index contributed by atoms with van der Waals surface area (Å²) in [5, 5.41) is 5.76. The number of amides is 1. The van der Waals surface area contributed by atoms with Crippen molar-refractivity contribution in [1.29, 1.82) is 0 Å². The van der Waals surface area contributed by atoms with Crippen LogP contribution in [0, 0.1) is 0 Å². The van der Waals surface area contributed by atoms with Gasteiger partial charge in [-0.05, 0) is 36.4 Å². The molecule has 0 radical (unpaired) electrons. The number of anilines is 2. The van der Waals surface area contributed by atoms with Gasteiger partial charge < -0.3 is 9.88 Å². The van der Waals surface area contributed by atoms with Crippen molar-refractivity contribution in [3.63, 3.8) is 0 Å². The molecular weight excluding hydrogens is 396 g/mol. The first kappa shape index (κ1) is 18.2. The Morgan fingerprint density at radius 3 is 2.54 bits per heavy atom. The average Bonchev–Trinajstić information content (AvgIpc) is 3.30. The second-order valence-electron chi connectivity index (χ2n) is 6.07. The molecule has 2 heterocycles. The normalized spacial score (nSPS) is 11.5. The smallest absolute Gasteiger partial charge is 0.272 e. The molecule has 0 fully saturated rings. The number of sulfonamides is 1. The Bertz CT molecular complexity index is 1240. The number of carbonyl (C=O) groups excluding carboxylic acids is 1. The topological polar surface area (TPSA) is 93.1 Å². The first-order valence-electron chi connectivity index (χ1n) is 8.32. The molecule has 0 spiro atoms. The number of thiazole rings is 1. The number of benzene rings is 2. The molecule has 2 aromatic heterocycles. The lowest BCUT2D eigenvalue weighted by Crippen LogP contribution is -2.16. The van der Waals surface area contributed by atoms with Gasteiger partial charge in [0.25, 0.3) is 15.9 Å². The predicted octanol–water partition coefficient (Wildman–Crippen LogP) is 3.69. The van der Waals surface area contributed by atoms with Gasteiger partial charge in [0, 0.05) is 35.2 Å². The predicted molar refractivity (Wildman–Crippen MR) is 110 cm³/mol. The standard InChI is InChI=1S/C19H16N4O3S2/c1-23-16-5-3-2-4-13(16)12-17(23)18(24)21-14-6-8-15(9-7-14)28(25,26)22-19-20-10-11-27-19/h2-12H,1H3,(H,20,22)(H,21,24). The van der Waals surface area contributed by atoms with Gasteiger partial charge >= 0.3 is 0 Å². The van der Waals surface area contributed by atoms with Gasteiger partial charge in [-0.1, -0.05) is 18.2 Å². The highest BCUT2D eigenvalue weighted by molar-refractivity contribution is 7.93. The molecule has 9 heteroatoms. The highest BCUT2D eigenvalue weighted by Gasteiger charge is 2.17. The van der Waals surface area contributed by atoms with Crippen molar-refractivity contribution in [1.82, 2.24) is 9.55 Å². The van der Waals surface area contributed by atoms with Crippen molar-refractivity contribution in [3.8, 4) is 0 Å². The molecular formula is C19H16N4O3S2. The fourth-order valence-corrected chi connectivity index (χ4v) is 4.66. The lowest BCUT2D eigenvalue weighted by Gasteiger charge is -2.08. The zero-order chi connectivity index (χ0) is 19.7. The summed E-state index contributed by atoms with van der Waals surface area (Å²) in [6.07, 6.45) is 1.52. The molecule has 142 valence electrons. The SMILES string of the molecule is Cn1c(C(=O)Nc2ccc(S(=O)(=O)Nc3nccs3)cc2)cc2ccccc21. The van der Waals surface area contributed by atoms with Gasteiger partial charge in [0.1, 0.15) is 5.69 Å². The Morgan fingerprint density at radius 2 is 1.86 bits per heavy atom. The van der Waals surface area contributed by atoms with Crippen molar-refractivity contribution in [2.45, 2.75) is 4.90 Å². The summed E-state index contributed by atoms with van der Waals surface area (Å²) in [6.45, 7) is 0. The van der Waals surface area contributed by atoms with E-state index >= 15 is 0 Å². The highest BCUT2D eigenvalue weighted by atomic mass is 32.2. The quantitative estimate of drug-likeness (QED) is 0.523. The largest absolute Gasteiger partial charge is 0.340 e. The van der Waals surface area contributed by atoms with Crippen LogP contribution in [0.15, 0.2) is 71.1 Å². The van der Waals surface area contributed by atoms with E-state index in [4.69, 9.17) is 0 Å². The van der Waals surface area contributed by atoms with Gasteiger partial charge in [-0.3, -0.25) is 9.52 Å². The molecule has 0 bridgehead atoms. The highest BCUT2D eigenvalue weighted by Crippen LogP contribution is 2.22. The lowest BCUT2D eigenvalue weighted by molar-refractivity contribution is 0.101. The van der Waals surface area contributed by atoms with Crippen molar-refractivity contribution in [2.24, 2.45) is 7.05 Å². The zero-order valence-electron chi connectivity index (χ0n) is 14.8. The Labute approximate surface area is 165 Å². The fraction of sp³-hybridized carbons (Fsp3) is 0.0526. The molecule has 2 N–H and O–H groups in total. The van der Waals surface area contributed by atoms with Crippen LogP contribution in [0.5, 0.6) is 0 Å². The maximum atomic E-state index is 12.6. The van der Waals surface area contributed by atoms with E-state index in [0.717, 1.165) is 10.9 Å². The van der Waals surface area contributed by atoms with Crippen LogP contribution in [-0.2, 0) is 17.1 Å². The zero-order valence-corrected chi connectivity index (χ0v) is 16.4. The maximum absolute atomic E-state index is 12.6. The van der Waals surface area contributed by atoms with Crippen molar-refractivity contribution < 1.29 is 13.2 Å². The van der Waals surface area contributed by atoms with E-state index in [1.807, 2.05) is 41.9 Å². The minimum atomic E-state index is -3.72. The van der Waals surface area contributed by atoms with E-state index in [2.05, 4.69) is 15.0 Å². The molecule has 2 aromatic carbocycles. The van der Waals surface area contributed by atoms with Crippen LogP contribution in [0.2, 0.25) is 0 Å². The molecule has 0 atom stereocenters. The Morgan fingerprint density at radius 1 is 1.11 bits per heavy atom. The molecule has 7 nitrogen and oxygen atoms in total. The van der Waals surface area contributed by atoms with E-state index < -0.39 is 10.0 Å². The van der Waals surface area contributed by atoms with Crippen LogP contribution in [0.3, 0.4) is 0 Å². The molecule has 4 aromatic rings. The van der Waals surface area contributed by atoms with E-state index in [1.54, 1.807) is 17.5 Å². The first-order chi connectivity index (χ1) is 13.4. The van der Waals surface area contributed by atoms with Crippen molar-refractivity contribution in [3.05, 3.63) is 71.9 Å². The fourth-order valence-electron chi connectivity index (χ4n) is 2.87. The molecule has 1 amide bonds. The van der Waals surface area contributed by atoms with Crippen LogP contribution >= 0.6 is 11.3 Å². The number of fused-ring (bicyclic) bond motifs is 1. The molecule has 0 aliphatic carbocycles. The van der Waals surface area contributed by atoms with E-state index in [1.165, 1.54) is 29.7 Å². The summed E-state index contributed by atoms with van der Waals surface area (Å²) in [5.74, 6) is -0.268. The number of hydrogen-bond donors (Lipinski definition) is 2. The van der Waals surface area contributed by atoms with Gasteiger partial charge in [-0.25, -0.2) is 13.4 Å². The van der Waals surface area contributed by atoms with Crippen molar-refractivity contribution >= 4 is 49.0 Å². The lowest BCUT2D eigenvalue weighted by atomic mass is 10.2. The molecule has 0 aliphatic heterocycles. The van der Waals surface area contributed by atoms with Crippen LogP contribution in [0.4, 0.5) is 10.8 Å². The molecule has 0 unspecified atom stereocenters. The van der Waals surface area contributed by atoms with Gasteiger partial charge in [-0.2, -0.15) is 0 Å². The van der Waals surface area contributed by atoms with Gasteiger partial charge in [0.2, 0.25) is 0 Å². The van der Waals surface area contributed by atoms with Gasteiger partial charge in [-0.15, -0.1) is 11.3 Å². The Hall–Kier alpha value is -3.17. The van der Waals surface area contributed by atoms with Crippen molar-refractivity contribution in [2.75, 3.05) is 10.0 Å². The molecule has 0 aliphatic rings. The van der Waals surface area contributed by atoms with Gasteiger partial charge in [0.15, 0.2) is 5.13 Å². The molecule has 4 rings (SSSR count). The summed E-state index contributed by atoms with van der Waals surface area (Å²) < 4.78 is 29.0. The number of hydrogen-bond acceptors (Lipinski definition) is 5. The molecule has 28 heavy (non-hydrogen) atoms. The number of aromatic nitrogens is 2. The second-order valence-corrected chi connectivity index (χ2v) is 8.65. The summed E-state index contributed by atoms with van der Waals surface area (Å²) in [6, 6.07) is 15.5. The van der Waals surface area contributed by atoms with Crippen LogP contribution < -0.4 is 10.0 Å². The molecule has 0 saturated carbocycles. The third kappa shape index (κ3) is 3.49. The Kier molecular flexibility index (Phi) is 4.62. The number of nitrogens with zero attached hydrogens (tertiary/aromatic N) is 2. The Balaban J connectivity index is 1.52. The second kappa shape index (κ2) is 7.10. The summed E-state index contributed by atoms with van der Waals surface area (Å²) in [4.78, 5) is 16.6. The van der Waals surface area contributed by atoms with E-state index in [9.17, 15) is 13.2 Å². The van der Waals surface area contributed by atoms with E-state index in [0.29, 0.717) is 16.5 Å². The van der Waals surface area contributed by atoms with Crippen LogP contribution in [-0.4, -0.2) is 23.9 Å². The average molecular weight is 412 g/mol. The monoisotopic (exact) mass is 412 g/mol. The minimum absolute atomic E-state index is 0.0882. The number of nitrogens with one attached hydrogen (secondary N) is 2. The first-order valence-corrected chi connectivity index (χ1v) is 10.7. The van der Waals surface area contributed by atoms with Crippen LogP contribution in [0.25, 0.3) is 10.9 Å². The van der Waals surface area contributed by atoms with Crippen LogP contribution in [0.1, 0.15) is 10.5 Å². The minimum Gasteiger partial charge on any atom is -0.340 e. The summed E-state index contributed by atoms with van der Waals surface area (Å²) in [5.41, 5.74) is 1.98. The number of carbonyl (C=O) groups is 1. The summed E-state index contributed by atoms with van der Waals surface area (Å²) in [7, 11) is -1.89. The number of aryl methyl sites for hydroxylation is 1. The number of para-hydroxylation sites is 1. The third-order valence-corrected chi connectivity index (χ3v) is 6.43. The number of rotatable bonds is 5. The summed E-state index contributed by atoms with van der Waals surface area (Å²) >= 11 is 1.20. The van der Waals surface area contributed by atoms with Gasteiger partial charge in [0.05, 0.1) is 4.90 Å². The third-order valence-electron chi connectivity index (χ3n) is 4.26. The maximum Gasteiger partial charge on any atom is 0.272 e. The van der Waals surface area contributed by atoms with E-state index in [-0.39, 0.29) is 10.8 Å². The molecule has 0 saturated heterocycles.